The van der Waals surface area contributed by atoms with Crippen LogP contribution < -0.4 is 0 Å². The minimum absolute atomic E-state index is 1.06. The Morgan fingerprint density at radius 2 is 1.26 bits per heavy atom. The van der Waals surface area contributed by atoms with Gasteiger partial charge in [0.25, 0.3) is 0 Å². The van der Waals surface area contributed by atoms with Crippen molar-refractivity contribution in [1.29, 1.82) is 0 Å². The van der Waals surface area contributed by atoms with E-state index in [0.717, 1.165) is 8.95 Å². The molecular weight excluding hydrogens is 510 g/mol. The number of benzene rings is 5. The van der Waals surface area contributed by atoms with Gasteiger partial charge in [-0.05, 0) is 64.4 Å². The Kier molecular flexibility index (Phi) is 4.48. The Morgan fingerprint density at radius 1 is 0.548 bits per heavy atom. The molecule has 6 rings (SSSR count). The van der Waals surface area contributed by atoms with Crippen LogP contribution in [0.5, 0.6) is 0 Å². The second kappa shape index (κ2) is 7.37. The minimum atomic E-state index is 1.06. The van der Waals surface area contributed by atoms with E-state index in [4.69, 9.17) is 0 Å². The normalized spacial score (nSPS) is 11.5. The Bertz CT molecular complexity index is 1590. The zero-order valence-electron chi connectivity index (χ0n) is 16.5. The number of rotatable bonds is 2. The fourth-order valence-corrected chi connectivity index (χ4v) is 5.86. The minimum Gasteiger partial charge on any atom is -0.309 e. The average Bonchev–Trinajstić information content (AvgIpc) is 3.12. The summed E-state index contributed by atoms with van der Waals surface area (Å²) < 4.78 is 4.51. The molecule has 0 saturated carbocycles. The van der Waals surface area contributed by atoms with Crippen LogP contribution in [0.4, 0.5) is 0 Å². The fraction of sp³-hybridized carbons (Fsp3) is 0. The van der Waals surface area contributed by atoms with Gasteiger partial charge in [0.1, 0.15) is 0 Å². The zero-order valence-corrected chi connectivity index (χ0v) is 19.7. The third-order valence-electron chi connectivity index (χ3n) is 5.86. The number of aromatic nitrogens is 1. The summed E-state index contributed by atoms with van der Waals surface area (Å²) in [5, 5.41) is 5.04. The molecule has 6 aromatic rings. The van der Waals surface area contributed by atoms with Gasteiger partial charge in [-0.1, -0.05) is 92.5 Å². The van der Waals surface area contributed by atoms with Crippen molar-refractivity contribution in [3.05, 3.63) is 112 Å². The van der Waals surface area contributed by atoms with Gasteiger partial charge in [0, 0.05) is 25.4 Å². The van der Waals surface area contributed by atoms with E-state index in [2.05, 4.69) is 140 Å². The van der Waals surface area contributed by atoms with Crippen LogP contribution in [0.1, 0.15) is 0 Å². The SMILES string of the molecule is Brc1cc(Br)cc(-c2cccc3c2c2ccccc2n3-c2ccc3ccccc3c2)c1. The first-order valence-electron chi connectivity index (χ1n) is 10.2. The highest BCUT2D eigenvalue weighted by Gasteiger charge is 2.16. The van der Waals surface area contributed by atoms with Crippen molar-refractivity contribution in [2.45, 2.75) is 0 Å². The molecule has 0 radical (unpaired) electrons. The Hall–Kier alpha value is -2.88. The first kappa shape index (κ1) is 18.9. The van der Waals surface area contributed by atoms with Crippen LogP contribution in [0, 0.1) is 0 Å². The number of nitrogens with zero attached hydrogens (tertiary/aromatic N) is 1. The van der Waals surface area contributed by atoms with Crippen molar-refractivity contribution < 1.29 is 0 Å². The lowest BCUT2D eigenvalue weighted by molar-refractivity contribution is 1.19. The van der Waals surface area contributed by atoms with E-state index >= 15 is 0 Å². The second-order valence-corrected chi connectivity index (χ2v) is 9.57. The van der Waals surface area contributed by atoms with Gasteiger partial charge in [-0.25, -0.2) is 0 Å². The van der Waals surface area contributed by atoms with E-state index in [9.17, 15) is 0 Å². The molecule has 0 aliphatic carbocycles. The smallest absolute Gasteiger partial charge is 0.0547 e. The monoisotopic (exact) mass is 525 g/mol. The molecule has 5 aromatic carbocycles. The molecule has 0 atom stereocenters. The van der Waals surface area contributed by atoms with Crippen LogP contribution in [0.3, 0.4) is 0 Å². The van der Waals surface area contributed by atoms with Crippen LogP contribution >= 0.6 is 31.9 Å². The van der Waals surface area contributed by atoms with Crippen molar-refractivity contribution in [3.63, 3.8) is 0 Å². The van der Waals surface area contributed by atoms with E-state index in [-0.39, 0.29) is 0 Å². The number of para-hydroxylation sites is 1. The molecule has 0 aliphatic heterocycles. The summed E-state index contributed by atoms with van der Waals surface area (Å²) in [6.45, 7) is 0. The van der Waals surface area contributed by atoms with E-state index in [0.29, 0.717) is 0 Å². The molecule has 0 amide bonds. The topological polar surface area (TPSA) is 4.93 Å². The maximum atomic E-state index is 3.65. The Labute approximate surface area is 197 Å². The summed E-state index contributed by atoms with van der Waals surface area (Å²) in [5.74, 6) is 0. The number of hydrogen-bond donors (Lipinski definition) is 0. The molecule has 148 valence electrons. The Balaban J connectivity index is 1.72. The second-order valence-electron chi connectivity index (χ2n) is 7.74. The van der Waals surface area contributed by atoms with Crippen molar-refractivity contribution >= 4 is 64.4 Å². The van der Waals surface area contributed by atoms with E-state index < -0.39 is 0 Å². The molecule has 0 unspecified atom stereocenters. The Morgan fingerprint density at radius 3 is 2.10 bits per heavy atom. The highest BCUT2D eigenvalue weighted by molar-refractivity contribution is 9.11. The van der Waals surface area contributed by atoms with Crippen LogP contribution in [0.2, 0.25) is 0 Å². The highest BCUT2D eigenvalue weighted by atomic mass is 79.9. The van der Waals surface area contributed by atoms with Crippen molar-refractivity contribution in [3.8, 4) is 16.8 Å². The number of halogens is 2. The summed E-state index contributed by atoms with van der Waals surface area (Å²) >= 11 is 7.31. The molecular formula is C28H17Br2N. The van der Waals surface area contributed by atoms with Crippen LogP contribution in [-0.4, -0.2) is 4.57 Å². The van der Waals surface area contributed by atoms with Gasteiger partial charge >= 0.3 is 0 Å². The molecule has 1 aromatic heterocycles. The van der Waals surface area contributed by atoms with Gasteiger partial charge in [0.15, 0.2) is 0 Å². The molecule has 0 aliphatic rings. The van der Waals surface area contributed by atoms with Crippen molar-refractivity contribution in [2.75, 3.05) is 0 Å². The van der Waals surface area contributed by atoms with Crippen molar-refractivity contribution in [1.82, 2.24) is 4.57 Å². The maximum Gasteiger partial charge on any atom is 0.0547 e. The van der Waals surface area contributed by atoms with Crippen LogP contribution in [0.25, 0.3) is 49.4 Å². The maximum absolute atomic E-state index is 3.65. The third-order valence-corrected chi connectivity index (χ3v) is 6.78. The molecule has 1 nitrogen and oxygen atoms in total. The first-order chi connectivity index (χ1) is 15.2. The first-order valence-corrected chi connectivity index (χ1v) is 11.8. The number of hydrogen-bond acceptors (Lipinski definition) is 0. The van der Waals surface area contributed by atoms with E-state index in [1.165, 1.54) is 49.4 Å². The fourth-order valence-electron chi connectivity index (χ4n) is 4.56. The summed E-state index contributed by atoms with van der Waals surface area (Å²) in [6.07, 6.45) is 0. The van der Waals surface area contributed by atoms with Crippen molar-refractivity contribution in [2.24, 2.45) is 0 Å². The van der Waals surface area contributed by atoms with Gasteiger partial charge in [0.05, 0.1) is 11.0 Å². The standard InChI is InChI=1S/C28H17Br2N/c29-21-14-20(15-22(30)17-21)24-9-5-11-27-28(24)25-8-3-4-10-26(25)31(27)23-13-12-18-6-1-2-7-19(18)16-23/h1-17H. The molecule has 31 heavy (non-hydrogen) atoms. The van der Waals surface area contributed by atoms with Gasteiger partial charge in [-0.2, -0.15) is 0 Å². The molecule has 1 heterocycles. The summed E-state index contributed by atoms with van der Waals surface area (Å²) in [4.78, 5) is 0. The molecule has 0 saturated heterocycles. The van der Waals surface area contributed by atoms with Gasteiger partial charge in [-0.3, -0.25) is 0 Å². The van der Waals surface area contributed by atoms with Gasteiger partial charge < -0.3 is 4.57 Å². The third kappa shape index (κ3) is 3.12. The van der Waals surface area contributed by atoms with Crippen LogP contribution in [-0.2, 0) is 0 Å². The lowest BCUT2D eigenvalue weighted by Gasteiger charge is -2.10. The highest BCUT2D eigenvalue weighted by Crippen LogP contribution is 2.40. The van der Waals surface area contributed by atoms with E-state index in [1.807, 2.05) is 0 Å². The largest absolute Gasteiger partial charge is 0.309 e. The molecule has 0 fully saturated rings. The zero-order chi connectivity index (χ0) is 20.9. The molecule has 0 spiro atoms. The molecule has 0 bridgehead atoms. The summed E-state index contributed by atoms with van der Waals surface area (Å²) in [6, 6.07) is 37.0. The predicted octanol–water partition coefficient (Wildman–Crippen LogP) is 9.13. The quantitative estimate of drug-likeness (QED) is 0.212. The van der Waals surface area contributed by atoms with Gasteiger partial charge in [0.2, 0.25) is 0 Å². The van der Waals surface area contributed by atoms with Gasteiger partial charge in [-0.15, -0.1) is 0 Å². The summed E-state index contributed by atoms with van der Waals surface area (Å²) in [7, 11) is 0. The molecule has 3 heteroatoms. The lowest BCUT2D eigenvalue weighted by atomic mass is 9.99. The average molecular weight is 527 g/mol. The number of fused-ring (bicyclic) bond motifs is 4. The van der Waals surface area contributed by atoms with Crippen LogP contribution in [0.15, 0.2) is 112 Å². The molecule has 0 N–H and O–H groups in total. The lowest BCUT2D eigenvalue weighted by Crippen LogP contribution is -1.93. The predicted molar refractivity (Wildman–Crippen MR) is 139 cm³/mol. The summed E-state index contributed by atoms with van der Waals surface area (Å²) in [5.41, 5.74) is 6.03. The van der Waals surface area contributed by atoms with E-state index in [1.54, 1.807) is 0 Å².